The molecule has 1 aliphatic rings. The number of rotatable bonds is 6. The summed E-state index contributed by atoms with van der Waals surface area (Å²) in [5.74, 6) is -2.22. The molecule has 0 saturated carbocycles. The topological polar surface area (TPSA) is 77.9 Å². The Balaban J connectivity index is 1.36. The van der Waals surface area contributed by atoms with E-state index >= 15 is 0 Å². The number of nitrogens with zero attached hydrogens (tertiary/aromatic N) is 1. The van der Waals surface area contributed by atoms with Crippen molar-refractivity contribution in [1.82, 2.24) is 4.98 Å². The molecule has 180 valence electrons. The fourth-order valence-electron chi connectivity index (χ4n) is 3.40. The highest BCUT2D eigenvalue weighted by Crippen LogP contribution is 2.34. The molecule has 34 heavy (non-hydrogen) atoms. The van der Waals surface area contributed by atoms with Crippen LogP contribution in [0.1, 0.15) is 34.5 Å². The number of hydrogen-bond donors (Lipinski definition) is 1. The van der Waals surface area contributed by atoms with Crippen molar-refractivity contribution in [3.63, 3.8) is 0 Å². The van der Waals surface area contributed by atoms with Gasteiger partial charge in [0.25, 0.3) is 5.79 Å². The van der Waals surface area contributed by atoms with Gasteiger partial charge in [-0.3, -0.25) is 0 Å². The SMILES string of the molecule is Cc1nc(-c2ccc(C(F)(F)F)cc2)sc1COc1ccc([C@H]2CO[C@](C)(C(=O)O)OC2)cc1. The molecule has 10 heteroatoms. The van der Waals surface area contributed by atoms with Gasteiger partial charge in [-0.05, 0) is 36.8 Å². The summed E-state index contributed by atoms with van der Waals surface area (Å²) in [5.41, 5.74) is 1.62. The molecular formula is C24H22F3NO5S. The highest BCUT2D eigenvalue weighted by Gasteiger charge is 2.40. The molecular weight excluding hydrogens is 471 g/mol. The third kappa shape index (κ3) is 5.24. The van der Waals surface area contributed by atoms with Crippen LogP contribution in [0.2, 0.25) is 0 Å². The third-order valence-corrected chi connectivity index (χ3v) is 6.76. The number of carboxylic acid groups (broad SMARTS) is 1. The molecule has 0 bridgehead atoms. The first-order valence-electron chi connectivity index (χ1n) is 10.4. The van der Waals surface area contributed by atoms with Gasteiger partial charge in [0.1, 0.15) is 17.4 Å². The maximum absolute atomic E-state index is 12.8. The first-order chi connectivity index (χ1) is 16.0. The maximum Gasteiger partial charge on any atom is 0.416 e. The van der Waals surface area contributed by atoms with E-state index in [1.165, 1.54) is 30.4 Å². The predicted octanol–water partition coefficient (Wildman–Crippen LogP) is 5.65. The summed E-state index contributed by atoms with van der Waals surface area (Å²) in [5, 5.41) is 9.79. The first-order valence-corrected chi connectivity index (χ1v) is 11.2. The van der Waals surface area contributed by atoms with Crippen molar-refractivity contribution in [2.45, 2.75) is 38.3 Å². The lowest BCUT2D eigenvalue weighted by Crippen LogP contribution is -2.47. The summed E-state index contributed by atoms with van der Waals surface area (Å²) in [6, 6.07) is 12.3. The molecule has 1 fully saturated rings. The Morgan fingerprint density at radius 2 is 1.76 bits per heavy atom. The Kier molecular flexibility index (Phi) is 6.66. The number of aliphatic carboxylic acids is 1. The van der Waals surface area contributed by atoms with Crippen LogP contribution in [0, 0.1) is 6.92 Å². The zero-order chi connectivity index (χ0) is 24.5. The average molecular weight is 494 g/mol. The molecule has 2 heterocycles. The summed E-state index contributed by atoms with van der Waals surface area (Å²) in [4.78, 5) is 16.5. The van der Waals surface area contributed by atoms with Gasteiger partial charge >= 0.3 is 12.1 Å². The third-order valence-electron chi connectivity index (χ3n) is 5.58. The fraction of sp³-hybridized carbons (Fsp3) is 0.333. The lowest BCUT2D eigenvalue weighted by Gasteiger charge is -2.34. The van der Waals surface area contributed by atoms with Crippen LogP contribution in [0.4, 0.5) is 13.2 Å². The van der Waals surface area contributed by atoms with Gasteiger partial charge in [0, 0.05) is 18.4 Å². The van der Waals surface area contributed by atoms with Crippen molar-refractivity contribution < 1.29 is 37.3 Å². The molecule has 1 saturated heterocycles. The smallest absolute Gasteiger partial charge is 0.416 e. The van der Waals surface area contributed by atoms with Gasteiger partial charge in [-0.1, -0.05) is 24.3 Å². The van der Waals surface area contributed by atoms with Crippen molar-refractivity contribution in [1.29, 1.82) is 0 Å². The van der Waals surface area contributed by atoms with E-state index in [1.54, 1.807) is 0 Å². The molecule has 6 nitrogen and oxygen atoms in total. The van der Waals surface area contributed by atoms with Gasteiger partial charge in [-0.25, -0.2) is 9.78 Å². The van der Waals surface area contributed by atoms with Crippen LogP contribution < -0.4 is 4.74 Å². The second-order valence-electron chi connectivity index (χ2n) is 8.03. The molecule has 0 unspecified atom stereocenters. The van der Waals surface area contributed by atoms with Crippen LogP contribution in [0.25, 0.3) is 10.6 Å². The van der Waals surface area contributed by atoms with Crippen molar-refractivity contribution in [3.05, 3.63) is 70.2 Å². The fourth-order valence-corrected chi connectivity index (χ4v) is 4.38. The van der Waals surface area contributed by atoms with E-state index in [0.717, 1.165) is 28.3 Å². The van der Waals surface area contributed by atoms with E-state index in [-0.39, 0.29) is 25.7 Å². The number of carboxylic acids is 1. The molecule has 4 rings (SSSR count). The summed E-state index contributed by atoms with van der Waals surface area (Å²) in [7, 11) is 0. The van der Waals surface area contributed by atoms with Gasteiger partial charge in [0.05, 0.1) is 29.3 Å². The van der Waals surface area contributed by atoms with Crippen molar-refractivity contribution in [3.8, 4) is 16.3 Å². The van der Waals surface area contributed by atoms with Gasteiger partial charge in [-0.15, -0.1) is 11.3 Å². The maximum atomic E-state index is 12.8. The number of carbonyl (C=O) groups is 1. The van der Waals surface area contributed by atoms with E-state index in [9.17, 15) is 18.0 Å². The Bertz CT molecular complexity index is 1150. The molecule has 0 radical (unpaired) electrons. The van der Waals surface area contributed by atoms with Crippen LogP contribution in [0.15, 0.2) is 48.5 Å². The molecule has 1 aliphatic heterocycles. The van der Waals surface area contributed by atoms with Crippen molar-refractivity contribution >= 4 is 17.3 Å². The minimum atomic E-state index is -4.37. The molecule has 1 N–H and O–H groups in total. The second-order valence-corrected chi connectivity index (χ2v) is 9.11. The summed E-state index contributed by atoms with van der Waals surface area (Å²) in [6.45, 7) is 3.95. The van der Waals surface area contributed by atoms with E-state index in [4.69, 9.17) is 19.3 Å². The number of hydrogen-bond acceptors (Lipinski definition) is 6. The molecule has 0 aliphatic carbocycles. The Labute approximate surface area is 197 Å². The summed E-state index contributed by atoms with van der Waals surface area (Å²) in [6.07, 6.45) is -4.37. The number of aryl methyl sites for hydroxylation is 1. The van der Waals surface area contributed by atoms with E-state index in [0.29, 0.717) is 16.3 Å². The zero-order valence-corrected chi connectivity index (χ0v) is 19.2. The number of benzene rings is 2. The number of alkyl halides is 3. The molecule has 1 aromatic heterocycles. The summed E-state index contributed by atoms with van der Waals surface area (Å²) >= 11 is 1.37. The average Bonchev–Trinajstić information content (AvgIpc) is 3.18. The summed E-state index contributed by atoms with van der Waals surface area (Å²) < 4.78 is 55.0. The predicted molar refractivity (Wildman–Crippen MR) is 119 cm³/mol. The molecule has 0 amide bonds. The molecule has 0 spiro atoms. The zero-order valence-electron chi connectivity index (χ0n) is 18.4. The van der Waals surface area contributed by atoms with E-state index < -0.39 is 23.5 Å². The lowest BCUT2D eigenvalue weighted by molar-refractivity contribution is -0.262. The van der Waals surface area contributed by atoms with Gasteiger partial charge in [0.2, 0.25) is 0 Å². The van der Waals surface area contributed by atoms with Gasteiger partial charge < -0.3 is 19.3 Å². The number of aromatic nitrogens is 1. The van der Waals surface area contributed by atoms with Crippen LogP contribution >= 0.6 is 11.3 Å². The minimum absolute atomic E-state index is 0.0866. The quantitative estimate of drug-likeness (QED) is 0.478. The second kappa shape index (κ2) is 9.36. The van der Waals surface area contributed by atoms with Crippen LogP contribution in [-0.2, 0) is 27.1 Å². The normalized spacial score (nSPS) is 20.8. The van der Waals surface area contributed by atoms with Gasteiger partial charge in [-0.2, -0.15) is 13.2 Å². The van der Waals surface area contributed by atoms with E-state index in [2.05, 4.69) is 4.98 Å². The van der Waals surface area contributed by atoms with Crippen LogP contribution in [0.5, 0.6) is 5.75 Å². The highest BCUT2D eigenvalue weighted by atomic mass is 32.1. The molecule has 2 aromatic carbocycles. The number of halogens is 3. The number of thiazole rings is 1. The Hall–Kier alpha value is -2.95. The van der Waals surface area contributed by atoms with Crippen molar-refractivity contribution in [2.24, 2.45) is 0 Å². The van der Waals surface area contributed by atoms with Crippen LogP contribution in [0.3, 0.4) is 0 Å². The minimum Gasteiger partial charge on any atom is -0.488 e. The monoisotopic (exact) mass is 493 g/mol. The Morgan fingerprint density at radius 3 is 2.32 bits per heavy atom. The van der Waals surface area contributed by atoms with E-state index in [1.807, 2.05) is 31.2 Å². The molecule has 0 atom stereocenters. The lowest BCUT2D eigenvalue weighted by atomic mass is 9.99. The molecule has 3 aromatic rings. The Morgan fingerprint density at radius 1 is 1.15 bits per heavy atom. The van der Waals surface area contributed by atoms with Crippen LogP contribution in [-0.4, -0.2) is 35.1 Å². The largest absolute Gasteiger partial charge is 0.488 e. The first kappa shape index (κ1) is 24.2. The standard InChI is InChI=1S/C24H22F3NO5S/c1-14-20(34-21(28-14)16-3-7-18(8-4-16)24(25,26)27)13-31-19-9-5-15(6-10-19)17-11-32-23(2,22(29)30)33-12-17/h3-10,17H,11-13H2,1-2H3,(H,29,30)/t17-,23-. The number of ether oxygens (including phenoxy) is 3. The van der Waals surface area contributed by atoms with Crippen molar-refractivity contribution in [2.75, 3.05) is 13.2 Å². The highest BCUT2D eigenvalue weighted by molar-refractivity contribution is 7.15. The van der Waals surface area contributed by atoms with Gasteiger partial charge in [0.15, 0.2) is 0 Å².